The molecule has 20 heavy (non-hydrogen) atoms. The van der Waals surface area contributed by atoms with Crippen LogP contribution in [-0.4, -0.2) is 0 Å². The van der Waals surface area contributed by atoms with Crippen molar-refractivity contribution in [3.8, 4) is 0 Å². The van der Waals surface area contributed by atoms with Gasteiger partial charge in [-0.1, -0.05) is 84.5 Å². The molecule has 0 bridgehead atoms. The molecule has 2 aromatic rings. The molecule has 0 aliphatic carbocycles. The molecule has 0 radical (unpaired) electrons. The first kappa shape index (κ1) is 14.3. The highest BCUT2D eigenvalue weighted by molar-refractivity contribution is 5.47. The Morgan fingerprint density at radius 2 is 1.30 bits per heavy atom. The van der Waals surface area contributed by atoms with E-state index in [-0.39, 0.29) is 5.41 Å². The zero-order chi connectivity index (χ0) is 14.4. The average Bonchev–Trinajstić information content (AvgIpc) is 2.53. The smallest absolute Gasteiger partial charge is 0.0383 e. The van der Waals surface area contributed by atoms with Crippen LogP contribution in [0, 0.1) is 0 Å². The monoisotopic (exact) mass is 262 g/mol. The van der Waals surface area contributed by atoms with Crippen molar-refractivity contribution in [2.24, 2.45) is 0 Å². The van der Waals surface area contributed by atoms with E-state index in [1.165, 1.54) is 16.7 Å². The van der Waals surface area contributed by atoms with Crippen LogP contribution in [0.15, 0.2) is 84.5 Å². The lowest BCUT2D eigenvalue weighted by molar-refractivity contribution is 0.674. The molecule has 102 valence electrons. The lowest BCUT2D eigenvalue weighted by Crippen LogP contribution is -2.25. The standard InChI is InChI=1S/C20H22/c1-4-5-12-17(2)20(3,18-13-8-6-9-14-18)19-15-10-7-11-16-19/h4-16H,1-3H3. The fourth-order valence-electron chi connectivity index (χ4n) is 2.57. The fraction of sp³-hybridized carbons (Fsp3) is 0.200. The summed E-state index contributed by atoms with van der Waals surface area (Å²) in [6.07, 6.45) is 6.39. The first-order valence-electron chi connectivity index (χ1n) is 7.10. The Balaban J connectivity index is 2.61. The number of benzene rings is 2. The van der Waals surface area contributed by atoms with Gasteiger partial charge in [0, 0.05) is 5.41 Å². The number of allylic oxidation sites excluding steroid dienone is 4. The molecular formula is C20H22. The highest BCUT2D eigenvalue weighted by atomic mass is 14.3. The number of hydrogen-bond donors (Lipinski definition) is 0. The van der Waals surface area contributed by atoms with Crippen LogP contribution in [-0.2, 0) is 5.41 Å². The second-order valence-electron chi connectivity index (χ2n) is 5.23. The van der Waals surface area contributed by atoms with Crippen LogP contribution in [0.5, 0.6) is 0 Å². The van der Waals surface area contributed by atoms with E-state index in [9.17, 15) is 0 Å². The summed E-state index contributed by atoms with van der Waals surface area (Å²) in [6.45, 7) is 6.55. The third kappa shape index (κ3) is 2.75. The molecule has 0 amide bonds. The summed E-state index contributed by atoms with van der Waals surface area (Å²) in [5, 5.41) is 0. The highest BCUT2D eigenvalue weighted by Crippen LogP contribution is 2.38. The minimum absolute atomic E-state index is 0.0952. The largest absolute Gasteiger partial charge is 0.0877 e. The zero-order valence-electron chi connectivity index (χ0n) is 12.5. The summed E-state index contributed by atoms with van der Waals surface area (Å²) in [6, 6.07) is 21.4. The Hall–Kier alpha value is -2.08. The van der Waals surface area contributed by atoms with Crippen molar-refractivity contribution in [3.05, 3.63) is 95.6 Å². The molecule has 2 aromatic carbocycles. The maximum absolute atomic E-state index is 2.30. The molecule has 2 rings (SSSR count). The van der Waals surface area contributed by atoms with Crippen molar-refractivity contribution in [1.29, 1.82) is 0 Å². The maximum Gasteiger partial charge on any atom is 0.0383 e. The van der Waals surface area contributed by atoms with Gasteiger partial charge in [-0.25, -0.2) is 0 Å². The van der Waals surface area contributed by atoms with E-state index in [1.54, 1.807) is 0 Å². The molecule has 0 aromatic heterocycles. The van der Waals surface area contributed by atoms with Crippen LogP contribution in [0.3, 0.4) is 0 Å². The van der Waals surface area contributed by atoms with Gasteiger partial charge < -0.3 is 0 Å². The average molecular weight is 262 g/mol. The van der Waals surface area contributed by atoms with Gasteiger partial charge in [0.15, 0.2) is 0 Å². The van der Waals surface area contributed by atoms with E-state index >= 15 is 0 Å². The van der Waals surface area contributed by atoms with Crippen molar-refractivity contribution in [1.82, 2.24) is 0 Å². The van der Waals surface area contributed by atoms with E-state index in [4.69, 9.17) is 0 Å². The Bertz CT molecular complexity index is 549. The van der Waals surface area contributed by atoms with Gasteiger partial charge in [-0.15, -0.1) is 0 Å². The first-order chi connectivity index (χ1) is 9.69. The Labute approximate surface area is 122 Å². The lowest BCUT2D eigenvalue weighted by atomic mass is 9.71. The van der Waals surface area contributed by atoms with E-state index in [0.29, 0.717) is 0 Å². The van der Waals surface area contributed by atoms with Gasteiger partial charge in [0.05, 0.1) is 0 Å². The minimum atomic E-state index is -0.0952. The molecule has 0 aliphatic rings. The minimum Gasteiger partial charge on any atom is -0.0877 e. The van der Waals surface area contributed by atoms with Crippen molar-refractivity contribution < 1.29 is 0 Å². The zero-order valence-corrected chi connectivity index (χ0v) is 12.5. The van der Waals surface area contributed by atoms with E-state index in [0.717, 1.165) is 0 Å². The van der Waals surface area contributed by atoms with Crippen LogP contribution in [0.2, 0.25) is 0 Å². The Morgan fingerprint density at radius 1 is 0.850 bits per heavy atom. The molecule has 0 nitrogen and oxygen atoms in total. The van der Waals surface area contributed by atoms with Gasteiger partial charge in [0.2, 0.25) is 0 Å². The Kier molecular flexibility index (Phi) is 4.57. The van der Waals surface area contributed by atoms with Crippen molar-refractivity contribution >= 4 is 0 Å². The molecule has 0 fully saturated rings. The number of hydrogen-bond acceptors (Lipinski definition) is 0. The second kappa shape index (κ2) is 6.38. The van der Waals surface area contributed by atoms with E-state index in [2.05, 4.69) is 92.7 Å². The van der Waals surface area contributed by atoms with Gasteiger partial charge in [-0.2, -0.15) is 0 Å². The molecular weight excluding hydrogens is 240 g/mol. The summed E-state index contributed by atoms with van der Waals surface area (Å²) in [7, 11) is 0. The highest BCUT2D eigenvalue weighted by Gasteiger charge is 2.30. The van der Waals surface area contributed by atoms with Gasteiger partial charge >= 0.3 is 0 Å². The molecule has 0 unspecified atom stereocenters. The van der Waals surface area contributed by atoms with Crippen molar-refractivity contribution in [2.75, 3.05) is 0 Å². The van der Waals surface area contributed by atoms with Crippen LogP contribution >= 0.6 is 0 Å². The van der Waals surface area contributed by atoms with E-state index < -0.39 is 0 Å². The lowest BCUT2D eigenvalue weighted by Gasteiger charge is -2.32. The summed E-state index contributed by atoms with van der Waals surface area (Å²) < 4.78 is 0. The van der Waals surface area contributed by atoms with Gasteiger partial charge in [0.1, 0.15) is 0 Å². The van der Waals surface area contributed by atoms with Crippen molar-refractivity contribution in [2.45, 2.75) is 26.2 Å². The number of rotatable bonds is 4. The van der Waals surface area contributed by atoms with Crippen LogP contribution in [0.25, 0.3) is 0 Å². The molecule has 0 saturated heterocycles. The summed E-state index contributed by atoms with van der Waals surface area (Å²) >= 11 is 0. The van der Waals surface area contributed by atoms with Crippen LogP contribution in [0.1, 0.15) is 31.9 Å². The summed E-state index contributed by atoms with van der Waals surface area (Å²) in [4.78, 5) is 0. The van der Waals surface area contributed by atoms with E-state index in [1.807, 2.05) is 6.92 Å². The molecule has 0 spiro atoms. The normalized spacial score (nSPS) is 12.8. The SMILES string of the molecule is CC=CC=C(C)C(C)(c1ccccc1)c1ccccc1. The molecule has 0 heterocycles. The fourth-order valence-corrected chi connectivity index (χ4v) is 2.57. The molecule has 0 aliphatic heterocycles. The molecule has 0 saturated carbocycles. The summed E-state index contributed by atoms with van der Waals surface area (Å²) in [5.41, 5.74) is 3.89. The molecule has 0 N–H and O–H groups in total. The molecule has 0 atom stereocenters. The summed E-state index contributed by atoms with van der Waals surface area (Å²) in [5.74, 6) is 0. The quantitative estimate of drug-likeness (QED) is 0.637. The topological polar surface area (TPSA) is 0 Å². The van der Waals surface area contributed by atoms with Crippen LogP contribution < -0.4 is 0 Å². The van der Waals surface area contributed by atoms with Crippen molar-refractivity contribution in [3.63, 3.8) is 0 Å². The first-order valence-corrected chi connectivity index (χ1v) is 7.10. The third-order valence-electron chi connectivity index (χ3n) is 4.03. The van der Waals surface area contributed by atoms with Crippen LogP contribution in [0.4, 0.5) is 0 Å². The van der Waals surface area contributed by atoms with Gasteiger partial charge in [-0.3, -0.25) is 0 Å². The maximum atomic E-state index is 2.30. The predicted molar refractivity (Wildman–Crippen MR) is 87.9 cm³/mol. The van der Waals surface area contributed by atoms with Gasteiger partial charge in [-0.05, 0) is 31.9 Å². The third-order valence-corrected chi connectivity index (χ3v) is 4.03. The predicted octanol–water partition coefficient (Wildman–Crippen LogP) is 5.52. The second-order valence-corrected chi connectivity index (χ2v) is 5.23. The van der Waals surface area contributed by atoms with Gasteiger partial charge in [0.25, 0.3) is 0 Å². The molecule has 0 heteroatoms. The Morgan fingerprint density at radius 3 is 1.70 bits per heavy atom.